The lowest BCUT2D eigenvalue weighted by Gasteiger charge is -2.19. The summed E-state index contributed by atoms with van der Waals surface area (Å²) in [4.78, 5) is 22.2. The smallest absolute Gasteiger partial charge is 0.252 e. The number of carbonyl (C=O) groups is 1. The van der Waals surface area contributed by atoms with Gasteiger partial charge in [0, 0.05) is 12.3 Å². The molecule has 0 unspecified atom stereocenters. The second-order valence-corrected chi connectivity index (χ2v) is 6.46. The molecule has 1 amide bonds. The molecular formula is C17H16N6OS. The summed E-state index contributed by atoms with van der Waals surface area (Å²) >= 11 is 1.39. The summed E-state index contributed by atoms with van der Waals surface area (Å²) in [6, 6.07) is 7.78. The van der Waals surface area contributed by atoms with Crippen LogP contribution in [-0.2, 0) is 11.3 Å². The molecule has 0 aliphatic heterocycles. The van der Waals surface area contributed by atoms with Crippen LogP contribution in [-0.4, -0.2) is 25.7 Å². The predicted octanol–water partition coefficient (Wildman–Crippen LogP) is 2.96. The molecule has 126 valence electrons. The number of benzene rings is 1. The Morgan fingerprint density at radius 2 is 2.16 bits per heavy atom. The Labute approximate surface area is 149 Å². The van der Waals surface area contributed by atoms with Gasteiger partial charge in [-0.25, -0.2) is 14.6 Å². The number of rotatable bonds is 4. The zero-order valence-electron chi connectivity index (χ0n) is 14.1. The first-order valence-corrected chi connectivity index (χ1v) is 8.48. The van der Waals surface area contributed by atoms with E-state index in [0.29, 0.717) is 11.7 Å². The average Bonchev–Trinajstić information content (AvgIpc) is 3.21. The van der Waals surface area contributed by atoms with Crippen LogP contribution in [0.2, 0.25) is 0 Å². The van der Waals surface area contributed by atoms with Gasteiger partial charge in [-0.15, -0.1) is 16.4 Å². The van der Waals surface area contributed by atoms with Crippen molar-refractivity contribution >= 4 is 28.1 Å². The molecule has 0 radical (unpaired) electrons. The highest BCUT2D eigenvalue weighted by Crippen LogP contribution is 2.30. The van der Waals surface area contributed by atoms with Crippen LogP contribution in [0.3, 0.4) is 0 Å². The van der Waals surface area contributed by atoms with Crippen LogP contribution in [0, 0.1) is 25.2 Å². The van der Waals surface area contributed by atoms with Crippen LogP contribution in [0.15, 0.2) is 29.9 Å². The monoisotopic (exact) mass is 352 g/mol. The molecule has 2 heterocycles. The highest BCUT2D eigenvalue weighted by Gasteiger charge is 2.18. The summed E-state index contributed by atoms with van der Waals surface area (Å²) < 4.78 is 1.55. The molecule has 8 heteroatoms. The Balaban J connectivity index is 1.88. The normalized spacial score (nSPS) is 10.5. The second kappa shape index (κ2) is 6.83. The van der Waals surface area contributed by atoms with E-state index >= 15 is 0 Å². The molecule has 25 heavy (non-hydrogen) atoms. The third kappa shape index (κ3) is 3.56. The summed E-state index contributed by atoms with van der Waals surface area (Å²) in [7, 11) is 0. The van der Waals surface area contributed by atoms with Crippen LogP contribution in [0.25, 0.3) is 0 Å². The lowest BCUT2D eigenvalue weighted by molar-refractivity contribution is -0.115. The molecule has 0 aliphatic carbocycles. The fourth-order valence-electron chi connectivity index (χ4n) is 2.35. The van der Waals surface area contributed by atoms with Gasteiger partial charge >= 0.3 is 0 Å². The zero-order chi connectivity index (χ0) is 18.0. The molecule has 1 aromatic carbocycles. The van der Waals surface area contributed by atoms with Gasteiger partial charge in [0.1, 0.15) is 12.4 Å². The largest absolute Gasteiger partial charge is 0.274 e. The van der Waals surface area contributed by atoms with Gasteiger partial charge in [-0.3, -0.25) is 9.69 Å². The number of nitrogens with zero attached hydrogens (tertiary/aromatic N) is 6. The van der Waals surface area contributed by atoms with Gasteiger partial charge in [0.25, 0.3) is 5.82 Å². The maximum atomic E-state index is 12.2. The first kappa shape index (κ1) is 16.8. The van der Waals surface area contributed by atoms with Crippen molar-refractivity contribution < 1.29 is 4.79 Å². The molecule has 0 saturated carbocycles. The molecule has 0 spiro atoms. The Morgan fingerprint density at radius 3 is 2.80 bits per heavy atom. The number of anilines is 2. The molecule has 0 fully saturated rings. The Morgan fingerprint density at radius 1 is 1.36 bits per heavy atom. The van der Waals surface area contributed by atoms with Gasteiger partial charge in [0.15, 0.2) is 5.13 Å². The third-order valence-corrected chi connectivity index (χ3v) is 4.63. The summed E-state index contributed by atoms with van der Waals surface area (Å²) in [6.45, 7) is 5.96. The summed E-state index contributed by atoms with van der Waals surface area (Å²) in [5.74, 6) is 0.0209. The van der Waals surface area contributed by atoms with Crippen molar-refractivity contribution in [2.45, 2.75) is 27.3 Å². The van der Waals surface area contributed by atoms with Crippen molar-refractivity contribution in [1.82, 2.24) is 19.7 Å². The Kier molecular flexibility index (Phi) is 4.59. The van der Waals surface area contributed by atoms with Crippen molar-refractivity contribution in [1.29, 1.82) is 5.26 Å². The Bertz CT molecular complexity index is 968. The summed E-state index contributed by atoms with van der Waals surface area (Å²) in [6.07, 6.45) is 1.49. The number of aromatic nitrogens is 4. The molecule has 0 bridgehead atoms. The number of hydrogen-bond donors (Lipinski definition) is 0. The minimum absolute atomic E-state index is 0.100. The number of aryl methyl sites for hydroxylation is 2. The molecular weight excluding hydrogens is 336 g/mol. The minimum Gasteiger partial charge on any atom is -0.274 e. The molecule has 2 aromatic heterocycles. The van der Waals surface area contributed by atoms with Gasteiger partial charge in [-0.1, -0.05) is 6.07 Å². The van der Waals surface area contributed by atoms with Crippen molar-refractivity contribution in [3.8, 4) is 6.07 Å². The van der Waals surface area contributed by atoms with E-state index in [1.807, 2.05) is 43.5 Å². The second-order valence-electron chi connectivity index (χ2n) is 5.62. The van der Waals surface area contributed by atoms with E-state index < -0.39 is 0 Å². The van der Waals surface area contributed by atoms with Crippen molar-refractivity contribution in [2.24, 2.45) is 0 Å². The van der Waals surface area contributed by atoms with Crippen molar-refractivity contribution in [3.63, 3.8) is 0 Å². The topological polar surface area (TPSA) is 87.7 Å². The maximum Gasteiger partial charge on any atom is 0.252 e. The molecule has 0 aliphatic rings. The standard InChI is InChI=1S/C17H16N6OS/c1-11-4-5-15(6-12(11)2)23(13(3)24)17-20-14(9-25-17)8-22-10-19-16(7-18)21-22/h4-6,9-10H,8H2,1-3H3. The lowest BCUT2D eigenvalue weighted by Crippen LogP contribution is -2.22. The van der Waals surface area contributed by atoms with Crippen LogP contribution in [0.4, 0.5) is 10.8 Å². The predicted molar refractivity (Wildman–Crippen MR) is 94.7 cm³/mol. The first-order chi connectivity index (χ1) is 12.0. The lowest BCUT2D eigenvalue weighted by atomic mass is 10.1. The first-order valence-electron chi connectivity index (χ1n) is 7.60. The highest BCUT2D eigenvalue weighted by atomic mass is 32.1. The Hall–Kier alpha value is -3.05. The number of hydrogen-bond acceptors (Lipinski definition) is 6. The van der Waals surface area contributed by atoms with Crippen LogP contribution in [0.1, 0.15) is 29.6 Å². The van der Waals surface area contributed by atoms with Gasteiger partial charge in [0.2, 0.25) is 5.91 Å². The van der Waals surface area contributed by atoms with E-state index in [4.69, 9.17) is 5.26 Å². The quantitative estimate of drug-likeness (QED) is 0.720. The van der Waals surface area contributed by atoms with Crippen LogP contribution in [0.5, 0.6) is 0 Å². The number of nitriles is 1. The fraction of sp³-hybridized carbons (Fsp3) is 0.235. The zero-order valence-corrected chi connectivity index (χ0v) is 14.9. The minimum atomic E-state index is -0.100. The van der Waals surface area contributed by atoms with E-state index in [0.717, 1.165) is 16.9 Å². The van der Waals surface area contributed by atoms with E-state index in [1.165, 1.54) is 30.2 Å². The van der Waals surface area contributed by atoms with E-state index in [2.05, 4.69) is 15.1 Å². The van der Waals surface area contributed by atoms with Gasteiger partial charge < -0.3 is 0 Å². The summed E-state index contributed by atoms with van der Waals surface area (Å²) in [5.41, 5.74) is 3.84. The van der Waals surface area contributed by atoms with Crippen molar-refractivity contribution in [3.05, 3.63) is 52.6 Å². The highest BCUT2D eigenvalue weighted by molar-refractivity contribution is 7.14. The van der Waals surface area contributed by atoms with Gasteiger partial charge in [-0.2, -0.15) is 5.26 Å². The van der Waals surface area contributed by atoms with E-state index in [9.17, 15) is 4.79 Å². The van der Waals surface area contributed by atoms with E-state index in [-0.39, 0.29) is 11.7 Å². The molecule has 0 atom stereocenters. The molecule has 7 nitrogen and oxygen atoms in total. The molecule has 3 rings (SSSR count). The average molecular weight is 352 g/mol. The van der Waals surface area contributed by atoms with E-state index in [1.54, 1.807) is 9.58 Å². The fourth-order valence-corrected chi connectivity index (χ4v) is 3.23. The van der Waals surface area contributed by atoms with Crippen LogP contribution >= 0.6 is 11.3 Å². The molecule has 0 N–H and O–H groups in total. The van der Waals surface area contributed by atoms with Crippen LogP contribution < -0.4 is 4.90 Å². The molecule has 3 aromatic rings. The SMILES string of the molecule is CC(=O)N(c1ccc(C)c(C)c1)c1nc(Cn2cnc(C#N)n2)cs1. The summed E-state index contributed by atoms with van der Waals surface area (Å²) in [5, 5.41) is 15.3. The van der Waals surface area contributed by atoms with Crippen molar-refractivity contribution in [2.75, 3.05) is 4.90 Å². The maximum absolute atomic E-state index is 12.2. The number of carbonyl (C=O) groups excluding carboxylic acids is 1. The number of amides is 1. The van der Waals surface area contributed by atoms with Gasteiger partial charge in [0.05, 0.1) is 17.9 Å². The number of thiazole rings is 1. The third-order valence-electron chi connectivity index (χ3n) is 3.75. The van der Waals surface area contributed by atoms with Gasteiger partial charge in [-0.05, 0) is 37.1 Å². The molecule has 0 saturated heterocycles.